The summed E-state index contributed by atoms with van der Waals surface area (Å²) in [5.41, 5.74) is 4.46. The van der Waals surface area contributed by atoms with E-state index >= 15 is 0 Å². The maximum Gasteiger partial charge on any atom is 0.251 e. The van der Waals surface area contributed by atoms with Crippen LogP contribution in [-0.2, 0) is 13.0 Å². The summed E-state index contributed by atoms with van der Waals surface area (Å²) in [7, 11) is 0. The first-order valence-electron chi connectivity index (χ1n) is 9.09. The number of amides is 1. The Morgan fingerprint density at radius 1 is 0.929 bits per heavy atom. The number of halogens is 1. The molecule has 0 aliphatic rings. The first-order valence-corrected chi connectivity index (χ1v) is 9.09. The van der Waals surface area contributed by atoms with Gasteiger partial charge in [-0.15, -0.1) is 5.10 Å². The van der Waals surface area contributed by atoms with E-state index in [1.54, 1.807) is 12.1 Å². The van der Waals surface area contributed by atoms with Crippen LogP contribution < -0.4 is 5.32 Å². The number of rotatable bonds is 6. The Morgan fingerprint density at radius 3 is 2.43 bits per heavy atom. The van der Waals surface area contributed by atoms with Crippen molar-refractivity contribution in [2.24, 2.45) is 0 Å². The van der Waals surface area contributed by atoms with Gasteiger partial charge < -0.3 is 5.32 Å². The normalized spacial score (nSPS) is 10.9. The summed E-state index contributed by atoms with van der Waals surface area (Å²) in [6.45, 7) is 1.09. The molecule has 0 fully saturated rings. The van der Waals surface area contributed by atoms with Crippen LogP contribution in [0.5, 0.6) is 0 Å². The molecule has 0 radical (unpaired) electrons. The van der Waals surface area contributed by atoms with Crippen molar-refractivity contribution in [2.75, 3.05) is 6.54 Å². The second-order valence-electron chi connectivity index (χ2n) is 6.57. The smallest absolute Gasteiger partial charge is 0.251 e. The molecule has 0 atom stereocenters. The lowest BCUT2D eigenvalue weighted by Gasteiger charge is -2.07. The van der Waals surface area contributed by atoms with E-state index in [0.29, 0.717) is 25.1 Å². The Bertz CT molecular complexity index is 1090. The predicted molar refractivity (Wildman–Crippen MR) is 106 cm³/mol. The Balaban J connectivity index is 1.34. The van der Waals surface area contributed by atoms with Crippen LogP contribution in [0.2, 0.25) is 0 Å². The highest BCUT2D eigenvalue weighted by atomic mass is 19.1. The molecule has 1 N–H and O–H groups in total. The molecule has 0 aliphatic carbocycles. The summed E-state index contributed by atoms with van der Waals surface area (Å²) in [6, 6.07) is 21.6. The molecular weight excluding hydrogens is 355 g/mol. The van der Waals surface area contributed by atoms with Gasteiger partial charge in [0.2, 0.25) is 0 Å². The second-order valence-corrected chi connectivity index (χ2v) is 6.57. The SMILES string of the molecule is O=C(NCCc1ccc(F)cc1)c1ccc(Cn2nnc3ccccc32)cc1. The number of benzene rings is 3. The summed E-state index contributed by atoms with van der Waals surface area (Å²) in [4.78, 5) is 12.3. The van der Waals surface area contributed by atoms with Crippen molar-refractivity contribution in [1.82, 2.24) is 20.3 Å². The average molecular weight is 374 g/mol. The molecule has 28 heavy (non-hydrogen) atoms. The summed E-state index contributed by atoms with van der Waals surface area (Å²) >= 11 is 0. The summed E-state index contributed by atoms with van der Waals surface area (Å²) in [5.74, 6) is -0.383. The van der Waals surface area contributed by atoms with Crippen LogP contribution in [0.25, 0.3) is 11.0 Å². The van der Waals surface area contributed by atoms with Crippen molar-refractivity contribution in [1.29, 1.82) is 0 Å². The number of hydrogen-bond acceptors (Lipinski definition) is 3. The van der Waals surface area contributed by atoms with Gasteiger partial charge in [-0.1, -0.05) is 41.6 Å². The highest BCUT2D eigenvalue weighted by Gasteiger charge is 2.07. The average Bonchev–Trinajstić information content (AvgIpc) is 3.13. The lowest BCUT2D eigenvalue weighted by Crippen LogP contribution is -2.25. The number of carbonyl (C=O) groups is 1. The molecule has 1 aromatic heterocycles. The standard InChI is InChI=1S/C22H19FN4O/c23-19-11-7-16(8-12-19)13-14-24-22(28)18-9-5-17(6-10-18)15-27-21-4-2-1-3-20(21)25-26-27/h1-12H,13-15H2,(H,24,28). The quantitative estimate of drug-likeness (QED) is 0.561. The third-order valence-electron chi connectivity index (χ3n) is 4.58. The molecule has 140 valence electrons. The maximum absolute atomic E-state index is 12.9. The number of carbonyl (C=O) groups excluding carboxylic acids is 1. The van der Waals surface area contributed by atoms with Gasteiger partial charge in [0.05, 0.1) is 12.1 Å². The van der Waals surface area contributed by atoms with E-state index in [9.17, 15) is 9.18 Å². The lowest BCUT2D eigenvalue weighted by atomic mass is 10.1. The highest BCUT2D eigenvalue weighted by molar-refractivity contribution is 5.94. The number of hydrogen-bond donors (Lipinski definition) is 1. The van der Waals surface area contributed by atoms with E-state index in [1.807, 2.05) is 53.2 Å². The summed E-state index contributed by atoms with van der Waals surface area (Å²) in [5, 5.41) is 11.2. The van der Waals surface area contributed by atoms with E-state index in [0.717, 1.165) is 22.2 Å². The first-order chi connectivity index (χ1) is 13.7. The molecule has 0 saturated heterocycles. The Hall–Kier alpha value is -3.54. The maximum atomic E-state index is 12.9. The lowest BCUT2D eigenvalue weighted by molar-refractivity contribution is 0.0954. The van der Waals surface area contributed by atoms with Crippen LogP contribution in [0.15, 0.2) is 72.8 Å². The first kappa shape index (κ1) is 17.9. The van der Waals surface area contributed by atoms with Gasteiger partial charge in [-0.2, -0.15) is 0 Å². The predicted octanol–water partition coefficient (Wildman–Crippen LogP) is 3.59. The fourth-order valence-corrected chi connectivity index (χ4v) is 3.04. The zero-order valence-electron chi connectivity index (χ0n) is 15.2. The van der Waals surface area contributed by atoms with E-state index in [4.69, 9.17) is 0 Å². The Morgan fingerprint density at radius 2 is 1.64 bits per heavy atom. The Labute approximate surface area is 161 Å². The molecule has 0 saturated carbocycles. The number of aromatic nitrogens is 3. The van der Waals surface area contributed by atoms with Crippen molar-refractivity contribution in [3.63, 3.8) is 0 Å². The topological polar surface area (TPSA) is 59.8 Å². The molecule has 3 aromatic carbocycles. The van der Waals surface area contributed by atoms with Crippen molar-refractivity contribution in [2.45, 2.75) is 13.0 Å². The van der Waals surface area contributed by atoms with Crippen LogP contribution in [0, 0.1) is 5.82 Å². The van der Waals surface area contributed by atoms with E-state index in [-0.39, 0.29) is 11.7 Å². The van der Waals surface area contributed by atoms with Crippen LogP contribution in [0.3, 0.4) is 0 Å². The van der Waals surface area contributed by atoms with Gasteiger partial charge in [-0.25, -0.2) is 9.07 Å². The molecule has 1 amide bonds. The van der Waals surface area contributed by atoms with Crippen molar-refractivity contribution in [3.05, 3.63) is 95.3 Å². The van der Waals surface area contributed by atoms with E-state index in [2.05, 4.69) is 15.6 Å². The number of nitrogens with zero attached hydrogens (tertiary/aromatic N) is 3. The van der Waals surface area contributed by atoms with Gasteiger partial charge in [-0.3, -0.25) is 4.79 Å². The summed E-state index contributed by atoms with van der Waals surface area (Å²) < 4.78 is 14.7. The molecule has 1 heterocycles. The van der Waals surface area contributed by atoms with Crippen LogP contribution >= 0.6 is 0 Å². The second kappa shape index (κ2) is 8.00. The largest absolute Gasteiger partial charge is 0.352 e. The zero-order valence-corrected chi connectivity index (χ0v) is 15.2. The van der Waals surface area contributed by atoms with Crippen molar-refractivity contribution >= 4 is 16.9 Å². The number of para-hydroxylation sites is 1. The van der Waals surface area contributed by atoms with Crippen molar-refractivity contribution in [3.8, 4) is 0 Å². The minimum Gasteiger partial charge on any atom is -0.352 e. The monoisotopic (exact) mass is 374 g/mol. The third-order valence-corrected chi connectivity index (χ3v) is 4.58. The van der Waals surface area contributed by atoms with E-state index < -0.39 is 0 Å². The van der Waals surface area contributed by atoms with Gasteiger partial charge >= 0.3 is 0 Å². The fraction of sp³-hybridized carbons (Fsp3) is 0.136. The molecular formula is C22H19FN4O. The molecule has 4 rings (SSSR count). The molecule has 5 nitrogen and oxygen atoms in total. The van der Waals surface area contributed by atoms with Gasteiger partial charge in [0.1, 0.15) is 11.3 Å². The van der Waals surface area contributed by atoms with Crippen molar-refractivity contribution < 1.29 is 9.18 Å². The molecule has 0 unspecified atom stereocenters. The highest BCUT2D eigenvalue weighted by Crippen LogP contribution is 2.13. The molecule has 0 spiro atoms. The fourth-order valence-electron chi connectivity index (χ4n) is 3.04. The van der Waals surface area contributed by atoms with Gasteiger partial charge in [0, 0.05) is 12.1 Å². The van der Waals surface area contributed by atoms with Gasteiger partial charge in [-0.05, 0) is 53.9 Å². The van der Waals surface area contributed by atoms with Crippen LogP contribution in [0.1, 0.15) is 21.5 Å². The van der Waals surface area contributed by atoms with Gasteiger partial charge in [0.25, 0.3) is 5.91 Å². The van der Waals surface area contributed by atoms with Gasteiger partial charge in [0.15, 0.2) is 0 Å². The summed E-state index contributed by atoms with van der Waals surface area (Å²) in [6.07, 6.45) is 0.656. The van der Waals surface area contributed by atoms with E-state index in [1.165, 1.54) is 12.1 Å². The molecule has 0 bridgehead atoms. The third kappa shape index (κ3) is 4.06. The number of nitrogens with one attached hydrogen (secondary N) is 1. The zero-order chi connectivity index (χ0) is 19.3. The van der Waals surface area contributed by atoms with Crippen LogP contribution in [0.4, 0.5) is 4.39 Å². The molecule has 4 aromatic rings. The molecule has 0 aliphatic heterocycles. The Kier molecular flexibility index (Phi) is 5.10. The van der Waals surface area contributed by atoms with Crippen LogP contribution in [-0.4, -0.2) is 27.4 Å². The minimum atomic E-state index is -0.258. The minimum absolute atomic E-state index is 0.125. The molecule has 6 heteroatoms. The number of fused-ring (bicyclic) bond motifs is 1.